The second kappa shape index (κ2) is 11.2. The summed E-state index contributed by atoms with van der Waals surface area (Å²) >= 11 is 1.47. The first kappa shape index (κ1) is 20.6. The molecule has 2 rings (SSSR count). The van der Waals surface area contributed by atoms with Crippen molar-refractivity contribution >= 4 is 36.0 Å². The smallest absolute Gasteiger partial charge is 0.232 e. The van der Waals surface area contributed by atoms with Crippen molar-refractivity contribution in [2.45, 2.75) is 45.1 Å². The van der Waals surface area contributed by atoms with Gasteiger partial charge in [0.15, 0.2) is 0 Å². The van der Waals surface area contributed by atoms with Crippen LogP contribution in [0.1, 0.15) is 39.0 Å². The minimum atomic E-state index is 0. The zero-order chi connectivity index (χ0) is 15.8. The number of piperidine rings is 1. The van der Waals surface area contributed by atoms with Gasteiger partial charge in [-0.25, -0.2) is 0 Å². The average molecular weight is 364 g/mol. The van der Waals surface area contributed by atoms with Crippen LogP contribution >= 0.6 is 24.2 Å². The van der Waals surface area contributed by atoms with Gasteiger partial charge in [0, 0.05) is 32.2 Å². The molecule has 23 heavy (non-hydrogen) atoms. The fraction of sp³-hybridized carbons (Fsp3) is 0.875. The predicted octanol–water partition coefficient (Wildman–Crippen LogP) is 1.75. The number of rotatable bonds is 7. The van der Waals surface area contributed by atoms with Gasteiger partial charge in [0.25, 0.3) is 0 Å². The van der Waals surface area contributed by atoms with E-state index in [1.165, 1.54) is 18.2 Å². The number of nitrogens with zero attached hydrogens (tertiary/aromatic N) is 2. The number of hydrogen-bond acceptors (Lipinski definition) is 4. The van der Waals surface area contributed by atoms with E-state index in [0.717, 1.165) is 58.4 Å². The van der Waals surface area contributed by atoms with Gasteiger partial charge < -0.3 is 15.1 Å². The molecule has 0 spiro atoms. The molecule has 0 saturated carbocycles. The summed E-state index contributed by atoms with van der Waals surface area (Å²) in [6.45, 7) is 6.62. The molecule has 2 aliphatic rings. The maximum Gasteiger partial charge on any atom is 0.232 e. The van der Waals surface area contributed by atoms with E-state index in [4.69, 9.17) is 0 Å². The highest BCUT2D eigenvalue weighted by Crippen LogP contribution is 2.14. The quantitative estimate of drug-likeness (QED) is 0.748. The molecule has 2 amide bonds. The SMILES string of the molecule is CCCN(C(=O)CSCC(=O)N1CCCCC1)C1CCNC1.Cl. The van der Waals surface area contributed by atoms with Gasteiger partial charge in [-0.2, -0.15) is 0 Å². The Labute approximate surface area is 150 Å². The second-order valence-corrected chi connectivity index (χ2v) is 7.15. The molecule has 2 heterocycles. The second-order valence-electron chi connectivity index (χ2n) is 6.17. The number of likely N-dealkylation sites (tertiary alicyclic amines) is 1. The molecule has 1 unspecified atom stereocenters. The molecular formula is C16H30ClN3O2S. The van der Waals surface area contributed by atoms with Crippen LogP contribution in [0, 0.1) is 0 Å². The third-order valence-corrected chi connectivity index (χ3v) is 5.32. The first-order valence-corrected chi connectivity index (χ1v) is 9.73. The summed E-state index contributed by atoms with van der Waals surface area (Å²) in [6, 6.07) is 0.339. The van der Waals surface area contributed by atoms with Crippen molar-refractivity contribution < 1.29 is 9.59 Å². The lowest BCUT2D eigenvalue weighted by molar-refractivity contribution is -0.130. The predicted molar refractivity (Wildman–Crippen MR) is 98.3 cm³/mol. The topological polar surface area (TPSA) is 52.7 Å². The fourth-order valence-electron chi connectivity index (χ4n) is 3.20. The van der Waals surface area contributed by atoms with Crippen molar-refractivity contribution in [2.24, 2.45) is 0 Å². The zero-order valence-corrected chi connectivity index (χ0v) is 15.7. The summed E-state index contributed by atoms with van der Waals surface area (Å²) in [6.07, 6.45) is 5.50. The molecule has 2 saturated heterocycles. The Morgan fingerprint density at radius 2 is 1.96 bits per heavy atom. The van der Waals surface area contributed by atoms with E-state index < -0.39 is 0 Å². The molecule has 0 bridgehead atoms. The summed E-state index contributed by atoms with van der Waals surface area (Å²) in [5.74, 6) is 1.25. The monoisotopic (exact) mass is 363 g/mol. The Kier molecular flexibility index (Phi) is 9.99. The van der Waals surface area contributed by atoms with Gasteiger partial charge in [-0.05, 0) is 38.6 Å². The molecule has 7 heteroatoms. The molecule has 0 aromatic carbocycles. The zero-order valence-electron chi connectivity index (χ0n) is 14.1. The molecule has 0 aromatic rings. The van der Waals surface area contributed by atoms with Crippen molar-refractivity contribution in [3.05, 3.63) is 0 Å². The number of carbonyl (C=O) groups excluding carboxylic acids is 2. The lowest BCUT2D eigenvalue weighted by Gasteiger charge is -2.29. The van der Waals surface area contributed by atoms with Crippen LogP contribution in [0.5, 0.6) is 0 Å². The largest absolute Gasteiger partial charge is 0.342 e. The number of hydrogen-bond donors (Lipinski definition) is 1. The molecule has 5 nitrogen and oxygen atoms in total. The molecule has 0 radical (unpaired) electrons. The highest BCUT2D eigenvalue weighted by atomic mass is 35.5. The van der Waals surface area contributed by atoms with Gasteiger partial charge in [-0.15, -0.1) is 24.2 Å². The fourth-order valence-corrected chi connectivity index (χ4v) is 4.00. The summed E-state index contributed by atoms with van der Waals surface area (Å²) < 4.78 is 0. The van der Waals surface area contributed by atoms with Gasteiger partial charge in [-0.3, -0.25) is 9.59 Å². The van der Waals surface area contributed by atoms with Crippen molar-refractivity contribution in [3.63, 3.8) is 0 Å². The van der Waals surface area contributed by atoms with Gasteiger partial charge in [0.1, 0.15) is 0 Å². The summed E-state index contributed by atoms with van der Waals surface area (Å²) in [4.78, 5) is 28.5. The summed E-state index contributed by atoms with van der Waals surface area (Å²) in [5, 5.41) is 3.32. The van der Waals surface area contributed by atoms with E-state index in [9.17, 15) is 9.59 Å². The first-order valence-electron chi connectivity index (χ1n) is 8.58. The van der Waals surface area contributed by atoms with Crippen molar-refractivity contribution in [2.75, 3.05) is 44.2 Å². The molecule has 2 fully saturated rings. The van der Waals surface area contributed by atoms with E-state index in [2.05, 4.69) is 12.2 Å². The Balaban J connectivity index is 0.00000264. The van der Waals surface area contributed by atoms with Crippen molar-refractivity contribution in [1.82, 2.24) is 15.1 Å². The Morgan fingerprint density at radius 1 is 1.22 bits per heavy atom. The Bertz CT molecular complexity index is 372. The maximum absolute atomic E-state index is 12.4. The lowest BCUT2D eigenvalue weighted by Crippen LogP contribution is -2.43. The van der Waals surface area contributed by atoms with Crippen LogP contribution in [0.15, 0.2) is 0 Å². The highest BCUT2D eigenvalue weighted by molar-refractivity contribution is 8.00. The number of nitrogens with one attached hydrogen (secondary N) is 1. The molecule has 134 valence electrons. The van der Waals surface area contributed by atoms with Crippen LogP contribution in [0.4, 0.5) is 0 Å². The van der Waals surface area contributed by atoms with Crippen LogP contribution < -0.4 is 5.32 Å². The summed E-state index contributed by atoms with van der Waals surface area (Å²) in [7, 11) is 0. The van der Waals surface area contributed by atoms with Gasteiger partial charge in [0.2, 0.25) is 11.8 Å². The number of carbonyl (C=O) groups is 2. The van der Waals surface area contributed by atoms with E-state index in [0.29, 0.717) is 17.5 Å². The first-order chi connectivity index (χ1) is 10.7. The van der Waals surface area contributed by atoms with Crippen LogP contribution in [0.3, 0.4) is 0 Å². The van der Waals surface area contributed by atoms with Crippen LogP contribution in [-0.4, -0.2) is 71.9 Å². The van der Waals surface area contributed by atoms with Crippen LogP contribution in [0.2, 0.25) is 0 Å². The molecule has 1 N–H and O–H groups in total. The van der Waals surface area contributed by atoms with Gasteiger partial charge >= 0.3 is 0 Å². The average Bonchev–Trinajstić information content (AvgIpc) is 3.07. The van der Waals surface area contributed by atoms with Crippen LogP contribution in [0.25, 0.3) is 0 Å². The molecule has 0 aromatic heterocycles. The lowest BCUT2D eigenvalue weighted by atomic mass is 10.1. The maximum atomic E-state index is 12.4. The third kappa shape index (κ3) is 6.51. The minimum Gasteiger partial charge on any atom is -0.342 e. The van der Waals surface area contributed by atoms with Gasteiger partial charge in [0.05, 0.1) is 11.5 Å². The number of halogens is 1. The Morgan fingerprint density at radius 3 is 2.57 bits per heavy atom. The third-order valence-electron chi connectivity index (χ3n) is 4.42. The highest BCUT2D eigenvalue weighted by Gasteiger charge is 2.26. The van der Waals surface area contributed by atoms with E-state index in [1.807, 2.05) is 9.80 Å². The summed E-state index contributed by atoms with van der Waals surface area (Å²) in [5.41, 5.74) is 0. The van der Waals surface area contributed by atoms with E-state index in [-0.39, 0.29) is 24.2 Å². The molecule has 2 aliphatic heterocycles. The van der Waals surface area contributed by atoms with Crippen LogP contribution in [-0.2, 0) is 9.59 Å². The minimum absolute atomic E-state index is 0. The number of thioether (sulfide) groups is 1. The van der Waals surface area contributed by atoms with Gasteiger partial charge in [-0.1, -0.05) is 6.92 Å². The van der Waals surface area contributed by atoms with E-state index >= 15 is 0 Å². The number of amides is 2. The molecular weight excluding hydrogens is 334 g/mol. The molecule has 0 aliphatic carbocycles. The van der Waals surface area contributed by atoms with Crippen molar-refractivity contribution in [3.8, 4) is 0 Å². The standard InChI is InChI=1S/C16H29N3O2S.ClH/c1-2-8-19(14-6-7-17-11-14)16(21)13-22-12-15(20)18-9-4-3-5-10-18;/h14,17H,2-13H2,1H3;1H. The van der Waals surface area contributed by atoms with Crippen molar-refractivity contribution in [1.29, 1.82) is 0 Å². The van der Waals surface area contributed by atoms with E-state index in [1.54, 1.807) is 0 Å². The Hall–Kier alpha value is -0.460. The normalized spacial score (nSPS) is 20.9. The molecule has 1 atom stereocenters.